The summed E-state index contributed by atoms with van der Waals surface area (Å²) >= 11 is 0. The maximum atomic E-state index is 10.5. The van der Waals surface area contributed by atoms with E-state index in [1.807, 2.05) is 0 Å². The standard InChI is InChI=1S/C13H26N2O/c1-2-11-6-5-7-12(10-11)15-9-4-3-8-13(14)16/h11-12,15H,2-10H2,1H3,(H2,14,16). The highest BCUT2D eigenvalue weighted by Crippen LogP contribution is 2.26. The molecule has 16 heavy (non-hydrogen) atoms. The third-order valence-electron chi connectivity index (χ3n) is 3.64. The van der Waals surface area contributed by atoms with Gasteiger partial charge >= 0.3 is 0 Å². The summed E-state index contributed by atoms with van der Waals surface area (Å²) < 4.78 is 0. The average molecular weight is 226 g/mol. The Morgan fingerprint density at radius 3 is 2.88 bits per heavy atom. The normalized spacial score (nSPS) is 25.6. The molecule has 0 radical (unpaired) electrons. The van der Waals surface area contributed by atoms with Crippen LogP contribution < -0.4 is 11.1 Å². The molecule has 0 heterocycles. The quantitative estimate of drug-likeness (QED) is 0.654. The van der Waals surface area contributed by atoms with Crippen LogP contribution in [0.5, 0.6) is 0 Å². The Labute approximate surface area is 99.2 Å². The molecular formula is C13H26N2O. The number of nitrogens with two attached hydrogens (primary N) is 1. The van der Waals surface area contributed by atoms with Crippen LogP contribution in [0.3, 0.4) is 0 Å². The van der Waals surface area contributed by atoms with E-state index in [1.165, 1.54) is 32.1 Å². The fraction of sp³-hybridized carbons (Fsp3) is 0.923. The van der Waals surface area contributed by atoms with Gasteiger partial charge < -0.3 is 11.1 Å². The number of primary amides is 1. The van der Waals surface area contributed by atoms with Crippen molar-refractivity contribution >= 4 is 5.91 Å². The molecule has 1 saturated carbocycles. The number of carbonyl (C=O) groups excluding carboxylic acids is 1. The lowest BCUT2D eigenvalue weighted by Gasteiger charge is -2.29. The zero-order chi connectivity index (χ0) is 11.8. The highest BCUT2D eigenvalue weighted by molar-refractivity contribution is 5.73. The van der Waals surface area contributed by atoms with Crippen LogP contribution in [0.1, 0.15) is 58.3 Å². The highest BCUT2D eigenvalue weighted by Gasteiger charge is 2.19. The molecule has 0 spiro atoms. The summed E-state index contributed by atoms with van der Waals surface area (Å²) in [5.74, 6) is 0.751. The molecule has 3 nitrogen and oxygen atoms in total. The minimum absolute atomic E-state index is 0.177. The summed E-state index contributed by atoms with van der Waals surface area (Å²) in [5.41, 5.74) is 5.09. The maximum Gasteiger partial charge on any atom is 0.217 e. The molecule has 1 fully saturated rings. The summed E-state index contributed by atoms with van der Waals surface area (Å²) in [6.07, 6.45) is 9.29. The second kappa shape index (κ2) is 7.66. The average Bonchev–Trinajstić information content (AvgIpc) is 2.28. The van der Waals surface area contributed by atoms with Gasteiger partial charge in [0, 0.05) is 12.5 Å². The summed E-state index contributed by atoms with van der Waals surface area (Å²) in [6.45, 7) is 3.33. The van der Waals surface area contributed by atoms with Crippen molar-refractivity contribution in [3.8, 4) is 0 Å². The van der Waals surface area contributed by atoms with Gasteiger partial charge in [0.1, 0.15) is 0 Å². The van der Waals surface area contributed by atoms with Gasteiger partial charge in [0.15, 0.2) is 0 Å². The van der Waals surface area contributed by atoms with Gasteiger partial charge in [-0.1, -0.05) is 26.2 Å². The number of hydrogen-bond donors (Lipinski definition) is 2. The minimum Gasteiger partial charge on any atom is -0.370 e. The molecule has 0 aromatic carbocycles. The van der Waals surface area contributed by atoms with Crippen molar-refractivity contribution in [1.82, 2.24) is 5.32 Å². The highest BCUT2D eigenvalue weighted by atomic mass is 16.1. The smallest absolute Gasteiger partial charge is 0.217 e. The molecule has 0 aromatic rings. The zero-order valence-corrected chi connectivity index (χ0v) is 10.5. The maximum absolute atomic E-state index is 10.5. The first kappa shape index (κ1) is 13.5. The van der Waals surface area contributed by atoms with Crippen LogP contribution in [0.2, 0.25) is 0 Å². The summed E-state index contributed by atoms with van der Waals surface area (Å²) in [5, 5.41) is 3.61. The number of hydrogen-bond acceptors (Lipinski definition) is 2. The van der Waals surface area contributed by atoms with E-state index in [1.54, 1.807) is 0 Å². The third-order valence-corrected chi connectivity index (χ3v) is 3.64. The van der Waals surface area contributed by atoms with Crippen molar-refractivity contribution in [1.29, 1.82) is 0 Å². The SMILES string of the molecule is CCC1CCCC(NCCCCC(N)=O)C1. The van der Waals surface area contributed by atoms with Crippen molar-refractivity contribution in [2.75, 3.05) is 6.54 Å². The van der Waals surface area contributed by atoms with Gasteiger partial charge in [-0.15, -0.1) is 0 Å². The van der Waals surface area contributed by atoms with Gasteiger partial charge in [-0.2, -0.15) is 0 Å². The van der Waals surface area contributed by atoms with Crippen molar-refractivity contribution in [3.63, 3.8) is 0 Å². The molecule has 1 aliphatic carbocycles. The lowest BCUT2D eigenvalue weighted by molar-refractivity contribution is -0.118. The van der Waals surface area contributed by atoms with Crippen molar-refractivity contribution < 1.29 is 4.79 Å². The second-order valence-electron chi connectivity index (χ2n) is 5.02. The Hall–Kier alpha value is -0.570. The van der Waals surface area contributed by atoms with Gasteiger partial charge in [0.2, 0.25) is 5.91 Å². The largest absolute Gasteiger partial charge is 0.370 e. The van der Waals surface area contributed by atoms with Gasteiger partial charge in [-0.25, -0.2) is 0 Å². The number of unbranched alkanes of at least 4 members (excludes halogenated alkanes) is 1. The van der Waals surface area contributed by atoms with E-state index < -0.39 is 0 Å². The Morgan fingerprint density at radius 2 is 2.19 bits per heavy atom. The van der Waals surface area contributed by atoms with Crippen molar-refractivity contribution in [2.24, 2.45) is 11.7 Å². The molecule has 2 atom stereocenters. The van der Waals surface area contributed by atoms with Crippen LogP contribution in [-0.2, 0) is 4.79 Å². The van der Waals surface area contributed by atoms with E-state index in [4.69, 9.17) is 5.73 Å². The summed E-state index contributed by atoms with van der Waals surface area (Å²) in [7, 11) is 0. The van der Waals surface area contributed by atoms with Gasteiger partial charge in [0.25, 0.3) is 0 Å². The zero-order valence-electron chi connectivity index (χ0n) is 10.5. The fourth-order valence-corrected chi connectivity index (χ4v) is 2.58. The monoisotopic (exact) mass is 226 g/mol. The summed E-state index contributed by atoms with van der Waals surface area (Å²) in [6, 6.07) is 0.715. The van der Waals surface area contributed by atoms with Gasteiger partial charge in [0.05, 0.1) is 0 Å². The van der Waals surface area contributed by atoms with Gasteiger partial charge in [-0.3, -0.25) is 4.79 Å². The second-order valence-corrected chi connectivity index (χ2v) is 5.02. The first-order valence-electron chi connectivity index (χ1n) is 6.74. The third kappa shape index (κ3) is 5.50. The molecule has 3 heteroatoms. The topological polar surface area (TPSA) is 55.1 Å². The van der Waals surface area contributed by atoms with E-state index in [-0.39, 0.29) is 5.91 Å². The van der Waals surface area contributed by atoms with Gasteiger partial charge in [-0.05, 0) is 38.1 Å². The Balaban J connectivity index is 2.01. The molecule has 0 bridgehead atoms. The van der Waals surface area contributed by atoms with Crippen molar-refractivity contribution in [2.45, 2.75) is 64.3 Å². The van der Waals surface area contributed by atoms with E-state index in [0.29, 0.717) is 12.5 Å². The van der Waals surface area contributed by atoms with E-state index in [0.717, 1.165) is 25.3 Å². The Bertz CT molecular complexity index is 206. The number of carbonyl (C=O) groups is 1. The van der Waals surface area contributed by atoms with Crippen LogP contribution in [0.25, 0.3) is 0 Å². The molecule has 3 N–H and O–H groups in total. The van der Waals surface area contributed by atoms with Crippen LogP contribution in [0.15, 0.2) is 0 Å². The lowest BCUT2D eigenvalue weighted by Crippen LogP contribution is -2.34. The van der Waals surface area contributed by atoms with Crippen LogP contribution in [0.4, 0.5) is 0 Å². The first-order valence-corrected chi connectivity index (χ1v) is 6.74. The first-order chi connectivity index (χ1) is 7.72. The van der Waals surface area contributed by atoms with Crippen LogP contribution in [0, 0.1) is 5.92 Å². The fourth-order valence-electron chi connectivity index (χ4n) is 2.58. The molecular weight excluding hydrogens is 200 g/mol. The van der Waals surface area contributed by atoms with Crippen LogP contribution in [-0.4, -0.2) is 18.5 Å². The Morgan fingerprint density at radius 1 is 1.38 bits per heavy atom. The molecule has 2 unspecified atom stereocenters. The van der Waals surface area contributed by atoms with E-state index in [9.17, 15) is 4.79 Å². The molecule has 0 aliphatic heterocycles. The molecule has 1 amide bonds. The molecule has 0 aromatic heterocycles. The number of amides is 1. The lowest BCUT2D eigenvalue weighted by atomic mass is 9.84. The van der Waals surface area contributed by atoms with Crippen molar-refractivity contribution in [3.05, 3.63) is 0 Å². The predicted octanol–water partition coefficient (Wildman–Crippen LogP) is 2.20. The van der Waals surface area contributed by atoms with Crippen LogP contribution >= 0.6 is 0 Å². The number of rotatable bonds is 7. The number of nitrogens with one attached hydrogen (secondary N) is 1. The van der Waals surface area contributed by atoms with E-state index >= 15 is 0 Å². The minimum atomic E-state index is -0.177. The Kier molecular flexibility index (Phi) is 6.46. The molecule has 94 valence electrons. The molecule has 1 aliphatic rings. The predicted molar refractivity (Wildman–Crippen MR) is 67.1 cm³/mol. The molecule has 0 saturated heterocycles. The molecule has 1 rings (SSSR count). The summed E-state index contributed by atoms with van der Waals surface area (Å²) in [4.78, 5) is 10.5. The van der Waals surface area contributed by atoms with E-state index in [2.05, 4.69) is 12.2 Å².